The fourth-order valence-corrected chi connectivity index (χ4v) is 2.27. The largest absolute Gasteiger partial charge is 0.277 e. The molecule has 1 unspecified atom stereocenters. The number of hydrogen-bond donors (Lipinski definition) is 0. The first-order valence-electron chi connectivity index (χ1n) is 3.36. The van der Waals surface area contributed by atoms with E-state index in [1.54, 1.807) is 18.2 Å². The highest BCUT2D eigenvalue weighted by atomic mass is 32.3. The summed E-state index contributed by atoms with van der Waals surface area (Å²) in [5.41, 5.74) is 0. The van der Waals surface area contributed by atoms with E-state index >= 15 is 0 Å². The van der Waals surface area contributed by atoms with E-state index in [0.717, 1.165) is 6.26 Å². The Hall–Kier alpha value is -0.720. The van der Waals surface area contributed by atoms with Crippen molar-refractivity contribution in [2.75, 3.05) is 6.26 Å². The van der Waals surface area contributed by atoms with Gasteiger partial charge in [-0.15, -0.1) is 0 Å². The minimum absolute atomic E-state index is 0.327. The zero-order valence-electron chi connectivity index (χ0n) is 6.84. The van der Waals surface area contributed by atoms with Gasteiger partial charge in [0.15, 0.2) is 0 Å². The molecular weight excluding hydrogens is 212 g/mol. The fourth-order valence-electron chi connectivity index (χ4n) is 0.683. The minimum Gasteiger partial charge on any atom is -0.223 e. The Labute approximate surface area is 79.3 Å². The smallest absolute Gasteiger partial charge is 0.223 e. The molecular formula is C7H8O4S2. The zero-order valence-corrected chi connectivity index (χ0v) is 8.47. The van der Waals surface area contributed by atoms with Crippen LogP contribution < -0.4 is 0 Å². The van der Waals surface area contributed by atoms with Crippen molar-refractivity contribution in [2.24, 2.45) is 0 Å². The van der Waals surface area contributed by atoms with Crippen LogP contribution in [0, 0.1) is 0 Å². The molecule has 0 aliphatic carbocycles. The summed E-state index contributed by atoms with van der Waals surface area (Å²) >= 11 is -1.94. The fraction of sp³-hybridized carbons (Fsp3) is 0.143. The molecule has 0 saturated carbocycles. The Kier molecular flexibility index (Phi) is 3.18. The highest BCUT2D eigenvalue weighted by Crippen LogP contribution is 2.08. The lowest BCUT2D eigenvalue weighted by Crippen LogP contribution is -2.05. The molecule has 13 heavy (non-hydrogen) atoms. The van der Waals surface area contributed by atoms with Crippen molar-refractivity contribution in [3.63, 3.8) is 0 Å². The molecule has 1 aromatic rings. The molecule has 0 fully saturated rings. The van der Waals surface area contributed by atoms with Gasteiger partial charge in [-0.3, -0.25) is 0 Å². The van der Waals surface area contributed by atoms with E-state index in [1.807, 2.05) is 0 Å². The number of hydrogen-bond acceptors (Lipinski definition) is 4. The van der Waals surface area contributed by atoms with Crippen molar-refractivity contribution in [1.82, 2.24) is 0 Å². The zero-order chi connectivity index (χ0) is 9.90. The lowest BCUT2D eigenvalue weighted by Gasteiger charge is -1.98. The van der Waals surface area contributed by atoms with Crippen LogP contribution in [0.15, 0.2) is 35.2 Å². The van der Waals surface area contributed by atoms with Gasteiger partial charge in [0.2, 0.25) is 11.1 Å². The van der Waals surface area contributed by atoms with Gasteiger partial charge in [-0.25, -0.2) is 4.21 Å². The van der Waals surface area contributed by atoms with Gasteiger partial charge in [0.25, 0.3) is 10.1 Å². The van der Waals surface area contributed by atoms with E-state index in [9.17, 15) is 12.6 Å². The van der Waals surface area contributed by atoms with Crippen molar-refractivity contribution in [3.05, 3.63) is 30.3 Å². The lowest BCUT2D eigenvalue weighted by molar-refractivity contribution is 0.505. The second-order valence-electron chi connectivity index (χ2n) is 2.32. The Bertz CT molecular complexity index is 396. The molecule has 1 aromatic carbocycles. The minimum atomic E-state index is -3.67. The summed E-state index contributed by atoms with van der Waals surface area (Å²) in [6.07, 6.45) is 0.855. The summed E-state index contributed by atoms with van der Waals surface area (Å²) in [6, 6.07) is 8.10. The van der Waals surface area contributed by atoms with E-state index in [-0.39, 0.29) is 0 Å². The van der Waals surface area contributed by atoms with Crippen molar-refractivity contribution in [3.8, 4) is 0 Å². The normalized spacial score (nSPS) is 13.9. The van der Waals surface area contributed by atoms with Crippen LogP contribution in [-0.2, 0) is 24.8 Å². The third kappa shape index (κ3) is 3.67. The molecule has 0 aliphatic heterocycles. The third-order valence-electron chi connectivity index (χ3n) is 1.12. The maximum Gasteiger partial charge on any atom is 0.277 e. The SMILES string of the molecule is CS(=O)(=O)OS(=O)c1ccccc1. The Morgan fingerprint density at radius 2 is 1.77 bits per heavy atom. The van der Waals surface area contributed by atoms with Crippen LogP contribution in [0.4, 0.5) is 0 Å². The van der Waals surface area contributed by atoms with Crippen molar-refractivity contribution < 1.29 is 16.3 Å². The highest BCUT2D eigenvalue weighted by molar-refractivity contribution is 7.96. The monoisotopic (exact) mass is 220 g/mol. The molecule has 0 aliphatic rings. The van der Waals surface area contributed by atoms with Gasteiger partial charge < -0.3 is 0 Å². The predicted molar refractivity (Wildman–Crippen MR) is 48.8 cm³/mol. The molecule has 1 atom stereocenters. The number of rotatable bonds is 3. The van der Waals surface area contributed by atoms with Crippen LogP contribution in [-0.4, -0.2) is 18.9 Å². The number of benzene rings is 1. The molecule has 0 aromatic heterocycles. The summed E-state index contributed by atoms with van der Waals surface area (Å²) in [7, 11) is -3.67. The Morgan fingerprint density at radius 1 is 1.23 bits per heavy atom. The molecule has 1 rings (SSSR count). The van der Waals surface area contributed by atoms with Gasteiger partial charge in [-0.1, -0.05) is 18.2 Å². The molecule has 0 bridgehead atoms. The van der Waals surface area contributed by atoms with Gasteiger partial charge in [-0.05, 0) is 12.1 Å². The quantitative estimate of drug-likeness (QED) is 0.751. The van der Waals surface area contributed by atoms with E-state index in [4.69, 9.17) is 0 Å². The first-order chi connectivity index (χ1) is 5.99. The van der Waals surface area contributed by atoms with E-state index < -0.39 is 21.2 Å². The maximum atomic E-state index is 11.2. The summed E-state index contributed by atoms with van der Waals surface area (Å²) in [5.74, 6) is 0. The van der Waals surface area contributed by atoms with Gasteiger partial charge in [0, 0.05) is 0 Å². The molecule has 0 amide bonds. The highest BCUT2D eigenvalue weighted by Gasteiger charge is 2.10. The Morgan fingerprint density at radius 3 is 2.23 bits per heavy atom. The second kappa shape index (κ2) is 3.99. The summed E-state index contributed by atoms with van der Waals surface area (Å²) < 4.78 is 36.6. The first-order valence-corrected chi connectivity index (χ1v) is 6.25. The van der Waals surface area contributed by atoms with Crippen LogP contribution >= 0.6 is 0 Å². The van der Waals surface area contributed by atoms with Gasteiger partial charge in [0.1, 0.15) is 0 Å². The average Bonchev–Trinajstić information content (AvgIpc) is 2.03. The standard InChI is InChI=1S/C7H8O4S2/c1-13(9,10)11-12(8)7-5-3-2-4-6-7/h2-6H,1H3. The van der Waals surface area contributed by atoms with Crippen molar-refractivity contribution in [1.29, 1.82) is 0 Å². The summed E-state index contributed by atoms with van der Waals surface area (Å²) in [4.78, 5) is 0.327. The average molecular weight is 220 g/mol. The molecule has 72 valence electrons. The van der Waals surface area contributed by atoms with Crippen LogP contribution in [0.25, 0.3) is 0 Å². The summed E-state index contributed by atoms with van der Waals surface area (Å²) in [5, 5.41) is 0. The van der Waals surface area contributed by atoms with Gasteiger partial charge in [0.05, 0.1) is 11.2 Å². The topological polar surface area (TPSA) is 60.4 Å². The van der Waals surface area contributed by atoms with E-state index in [2.05, 4.69) is 3.63 Å². The maximum absolute atomic E-state index is 11.2. The van der Waals surface area contributed by atoms with Crippen molar-refractivity contribution >= 4 is 21.2 Å². The molecule has 0 N–H and O–H groups in total. The van der Waals surface area contributed by atoms with Crippen LogP contribution in [0.5, 0.6) is 0 Å². The third-order valence-corrected chi connectivity index (χ3v) is 3.26. The second-order valence-corrected chi connectivity index (χ2v) is 5.21. The van der Waals surface area contributed by atoms with E-state index in [1.165, 1.54) is 12.1 Å². The molecule has 4 nitrogen and oxygen atoms in total. The van der Waals surface area contributed by atoms with Crippen LogP contribution in [0.2, 0.25) is 0 Å². The molecule has 0 radical (unpaired) electrons. The van der Waals surface area contributed by atoms with Crippen molar-refractivity contribution in [2.45, 2.75) is 4.90 Å². The molecule has 0 heterocycles. The first kappa shape index (κ1) is 10.4. The van der Waals surface area contributed by atoms with Gasteiger partial charge in [-0.2, -0.15) is 12.0 Å². The van der Waals surface area contributed by atoms with Crippen LogP contribution in [0.3, 0.4) is 0 Å². The molecule has 0 saturated heterocycles. The summed E-state index contributed by atoms with van der Waals surface area (Å²) in [6.45, 7) is 0. The van der Waals surface area contributed by atoms with Gasteiger partial charge >= 0.3 is 0 Å². The molecule has 0 spiro atoms. The molecule has 6 heteroatoms. The van der Waals surface area contributed by atoms with E-state index in [0.29, 0.717) is 4.90 Å². The van der Waals surface area contributed by atoms with Crippen LogP contribution in [0.1, 0.15) is 0 Å². The lowest BCUT2D eigenvalue weighted by atomic mass is 10.4. The predicted octanol–water partition coefficient (Wildman–Crippen LogP) is 0.685. The Balaban J connectivity index is 2.82.